The molecule has 0 N–H and O–H groups in total. The highest BCUT2D eigenvalue weighted by Crippen LogP contribution is 2.29. The van der Waals surface area contributed by atoms with Gasteiger partial charge in [0.25, 0.3) is 11.8 Å². The minimum Gasteiger partial charge on any atom is -0.469 e. The highest BCUT2D eigenvalue weighted by molar-refractivity contribution is 6.21. The van der Waals surface area contributed by atoms with Gasteiger partial charge >= 0.3 is 5.97 Å². The molecule has 7 heteroatoms. The number of nitrogens with zero attached hydrogens (tertiary/aromatic N) is 1. The minimum atomic E-state index is -0.915. The summed E-state index contributed by atoms with van der Waals surface area (Å²) >= 11 is 0. The molecule has 0 unspecified atom stereocenters. The van der Waals surface area contributed by atoms with Gasteiger partial charge in [-0.2, -0.15) is 0 Å². The first-order valence-electron chi connectivity index (χ1n) is 9.18. The molecule has 0 atom stereocenters. The van der Waals surface area contributed by atoms with Gasteiger partial charge in [-0.15, -0.1) is 0 Å². The molecule has 1 aromatic carbocycles. The number of imide groups is 1. The van der Waals surface area contributed by atoms with Crippen LogP contribution in [0.15, 0.2) is 48.6 Å². The second-order valence-electron chi connectivity index (χ2n) is 6.52. The topological polar surface area (TPSA) is 82.1 Å². The van der Waals surface area contributed by atoms with Crippen molar-refractivity contribution in [2.24, 2.45) is 0 Å². The van der Waals surface area contributed by atoms with Crippen LogP contribution in [0.25, 0.3) is 0 Å². The summed E-state index contributed by atoms with van der Waals surface area (Å²) < 4.78 is 15.9. The first kappa shape index (κ1) is 20.0. The predicted octanol–water partition coefficient (Wildman–Crippen LogP) is 2.48. The highest BCUT2D eigenvalue weighted by Gasteiger charge is 2.38. The Kier molecular flexibility index (Phi) is 6.38. The number of rotatable bonds is 8. The second-order valence-corrected chi connectivity index (χ2v) is 6.52. The van der Waals surface area contributed by atoms with Crippen molar-refractivity contribution in [3.8, 4) is 0 Å². The Morgan fingerprint density at radius 3 is 2.32 bits per heavy atom. The van der Waals surface area contributed by atoms with Crippen LogP contribution in [0.4, 0.5) is 0 Å². The van der Waals surface area contributed by atoms with Gasteiger partial charge in [-0.25, -0.2) is 0 Å². The molecule has 0 bridgehead atoms. The number of ether oxygens (including phenoxy) is 3. The van der Waals surface area contributed by atoms with Gasteiger partial charge in [0.1, 0.15) is 0 Å². The van der Waals surface area contributed by atoms with Gasteiger partial charge in [-0.1, -0.05) is 36.4 Å². The van der Waals surface area contributed by atoms with Gasteiger partial charge < -0.3 is 14.2 Å². The monoisotopic (exact) mass is 385 g/mol. The first-order chi connectivity index (χ1) is 13.6. The van der Waals surface area contributed by atoms with E-state index in [-0.39, 0.29) is 30.7 Å². The van der Waals surface area contributed by atoms with E-state index in [2.05, 4.69) is 0 Å². The maximum atomic E-state index is 12.3. The molecule has 1 saturated heterocycles. The molecule has 2 aliphatic heterocycles. The van der Waals surface area contributed by atoms with Crippen LogP contribution in [0.1, 0.15) is 40.0 Å². The molecule has 1 aromatic rings. The molecule has 2 heterocycles. The van der Waals surface area contributed by atoms with E-state index in [9.17, 15) is 14.4 Å². The fraction of sp³-hybridized carbons (Fsp3) is 0.381. The summed E-state index contributed by atoms with van der Waals surface area (Å²) in [5.41, 5.74) is 0.896. The normalized spacial score (nSPS) is 18.4. The summed E-state index contributed by atoms with van der Waals surface area (Å²) in [4.78, 5) is 37.3. The smallest absolute Gasteiger partial charge is 0.310 e. The molecule has 0 aromatic heterocycles. The summed E-state index contributed by atoms with van der Waals surface area (Å²) in [6.07, 6.45) is 8.53. The van der Waals surface area contributed by atoms with Crippen LogP contribution >= 0.6 is 0 Å². The van der Waals surface area contributed by atoms with Crippen LogP contribution in [0.3, 0.4) is 0 Å². The number of fused-ring (bicyclic) bond motifs is 1. The van der Waals surface area contributed by atoms with E-state index < -0.39 is 5.79 Å². The van der Waals surface area contributed by atoms with Crippen LogP contribution < -0.4 is 0 Å². The van der Waals surface area contributed by atoms with Crippen LogP contribution in [0.5, 0.6) is 0 Å². The fourth-order valence-corrected chi connectivity index (χ4v) is 3.25. The lowest BCUT2D eigenvalue weighted by atomic mass is 10.1. The number of amides is 2. The summed E-state index contributed by atoms with van der Waals surface area (Å²) in [7, 11) is 1.34. The van der Waals surface area contributed by atoms with Crippen molar-refractivity contribution in [3.05, 3.63) is 59.7 Å². The third-order valence-corrected chi connectivity index (χ3v) is 4.70. The van der Waals surface area contributed by atoms with Gasteiger partial charge in [-0.05, 0) is 18.6 Å². The van der Waals surface area contributed by atoms with Crippen molar-refractivity contribution in [1.29, 1.82) is 0 Å². The maximum Gasteiger partial charge on any atom is 0.310 e. The molecule has 1 fully saturated rings. The second kappa shape index (κ2) is 8.95. The lowest BCUT2D eigenvalue weighted by Crippen LogP contribution is -2.33. The van der Waals surface area contributed by atoms with Crippen LogP contribution in [-0.4, -0.2) is 55.3 Å². The average molecular weight is 385 g/mol. The van der Waals surface area contributed by atoms with Gasteiger partial charge in [0, 0.05) is 13.0 Å². The van der Waals surface area contributed by atoms with Gasteiger partial charge in [0.05, 0.1) is 37.9 Å². The van der Waals surface area contributed by atoms with Crippen molar-refractivity contribution < 1.29 is 28.6 Å². The molecule has 2 aliphatic rings. The van der Waals surface area contributed by atoms with Crippen molar-refractivity contribution in [2.75, 3.05) is 26.9 Å². The van der Waals surface area contributed by atoms with E-state index in [1.165, 1.54) is 12.0 Å². The summed E-state index contributed by atoms with van der Waals surface area (Å²) in [5, 5.41) is 0. The van der Waals surface area contributed by atoms with Crippen LogP contribution in [-0.2, 0) is 19.0 Å². The highest BCUT2D eigenvalue weighted by atomic mass is 16.7. The fourth-order valence-electron chi connectivity index (χ4n) is 3.25. The molecular weight excluding hydrogens is 362 g/mol. The Bertz CT molecular complexity index is 772. The molecule has 148 valence electrons. The van der Waals surface area contributed by atoms with Crippen molar-refractivity contribution in [3.63, 3.8) is 0 Å². The maximum absolute atomic E-state index is 12.3. The Balaban J connectivity index is 1.46. The van der Waals surface area contributed by atoms with Crippen LogP contribution in [0.2, 0.25) is 0 Å². The molecule has 0 saturated carbocycles. The van der Waals surface area contributed by atoms with E-state index in [1.807, 2.05) is 12.2 Å². The quantitative estimate of drug-likeness (QED) is 0.388. The van der Waals surface area contributed by atoms with E-state index in [4.69, 9.17) is 14.2 Å². The molecular formula is C21H23NO6. The van der Waals surface area contributed by atoms with Crippen molar-refractivity contribution >= 4 is 17.8 Å². The van der Waals surface area contributed by atoms with Crippen LogP contribution in [0, 0.1) is 0 Å². The summed E-state index contributed by atoms with van der Waals surface area (Å²) in [5.74, 6) is -1.82. The first-order valence-corrected chi connectivity index (χ1v) is 9.18. The predicted molar refractivity (Wildman–Crippen MR) is 101 cm³/mol. The molecule has 3 rings (SSSR count). The Hall–Kier alpha value is -2.77. The number of carbonyl (C=O) groups is 3. The van der Waals surface area contributed by atoms with Crippen molar-refractivity contribution in [2.45, 2.75) is 25.0 Å². The van der Waals surface area contributed by atoms with E-state index in [0.717, 1.165) is 0 Å². The minimum absolute atomic E-state index is 0.0624. The standard InChI is InChI=1S/C21H23NO6/c1-26-18(23)15-21(27-13-14-28-21)11-7-3-2-4-8-12-22-19(24)16-9-5-6-10-17(16)20(22)25/h2-6,8-10H,7,11-15H2,1H3. The number of allylic oxidation sites excluding steroid dienone is 3. The molecule has 0 radical (unpaired) electrons. The zero-order valence-electron chi connectivity index (χ0n) is 15.8. The summed E-state index contributed by atoms with van der Waals surface area (Å²) in [6, 6.07) is 6.82. The van der Waals surface area contributed by atoms with Gasteiger partial charge in [0.2, 0.25) is 0 Å². The lowest BCUT2D eigenvalue weighted by Gasteiger charge is -2.25. The number of benzene rings is 1. The van der Waals surface area contributed by atoms with E-state index in [0.29, 0.717) is 37.2 Å². The molecule has 2 amide bonds. The Morgan fingerprint density at radius 1 is 1.11 bits per heavy atom. The molecule has 0 aliphatic carbocycles. The third kappa shape index (κ3) is 4.37. The number of carbonyl (C=O) groups excluding carboxylic acids is 3. The number of hydrogen-bond acceptors (Lipinski definition) is 6. The molecule has 7 nitrogen and oxygen atoms in total. The SMILES string of the molecule is COC(=O)CC1(CCC=CC=CCN2C(=O)c3ccccc3C2=O)OCCO1. The number of methoxy groups -OCH3 is 1. The largest absolute Gasteiger partial charge is 0.469 e. The van der Waals surface area contributed by atoms with E-state index in [1.54, 1.807) is 36.4 Å². The van der Waals surface area contributed by atoms with Gasteiger partial charge in [0.15, 0.2) is 5.79 Å². The zero-order valence-corrected chi connectivity index (χ0v) is 15.8. The average Bonchev–Trinajstić information content (AvgIpc) is 3.26. The van der Waals surface area contributed by atoms with E-state index >= 15 is 0 Å². The molecule has 0 spiro atoms. The zero-order chi connectivity index (χ0) is 20.0. The lowest BCUT2D eigenvalue weighted by molar-refractivity contribution is -0.183. The Labute approximate surface area is 163 Å². The molecule has 28 heavy (non-hydrogen) atoms. The Morgan fingerprint density at radius 2 is 1.71 bits per heavy atom. The van der Waals surface area contributed by atoms with Gasteiger partial charge in [-0.3, -0.25) is 19.3 Å². The number of hydrogen-bond donors (Lipinski definition) is 0. The number of esters is 1. The third-order valence-electron chi connectivity index (χ3n) is 4.70. The van der Waals surface area contributed by atoms with Crippen molar-refractivity contribution in [1.82, 2.24) is 4.90 Å². The summed E-state index contributed by atoms with van der Waals surface area (Å²) in [6.45, 7) is 1.14.